The quantitative estimate of drug-likeness (QED) is 0.224. The van der Waals surface area contributed by atoms with Crippen molar-refractivity contribution < 1.29 is 9.85 Å². The lowest BCUT2D eigenvalue weighted by atomic mass is 10.0. The van der Waals surface area contributed by atoms with Crippen molar-refractivity contribution in [1.82, 2.24) is 9.97 Å². The Labute approximate surface area is 199 Å². The van der Waals surface area contributed by atoms with Gasteiger partial charge in [-0.1, -0.05) is 60.7 Å². The van der Waals surface area contributed by atoms with E-state index in [9.17, 15) is 20.2 Å². The zero-order valence-electron chi connectivity index (χ0n) is 18.2. The van der Waals surface area contributed by atoms with Gasteiger partial charge in [0.05, 0.1) is 38.3 Å². The van der Waals surface area contributed by atoms with Crippen molar-refractivity contribution >= 4 is 33.8 Å². The van der Waals surface area contributed by atoms with E-state index in [0.29, 0.717) is 22.4 Å². The molecule has 0 atom stereocenters. The predicted octanol–water partition coefficient (Wildman–Crippen LogP) is 6.52. The summed E-state index contributed by atoms with van der Waals surface area (Å²) in [6.45, 7) is 0. The van der Waals surface area contributed by atoms with Crippen LogP contribution in [0.5, 0.6) is 0 Å². The molecule has 0 aliphatic heterocycles. The summed E-state index contributed by atoms with van der Waals surface area (Å²) in [5, 5.41) is 25.5. The number of nitro benzene ring substituents is 2. The molecule has 0 spiro atoms. The van der Waals surface area contributed by atoms with Crippen LogP contribution in [0.15, 0.2) is 97.1 Å². The molecule has 5 rings (SSSR count). The normalized spacial score (nSPS) is 10.7. The highest BCUT2D eigenvalue weighted by Crippen LogP contribution is 2.34. The van der Waals surface area contributed by atoms with Crippen molar-refractivity contribution in [2.45, 2.75) is 0 Å². The van der Waals surface area contributed by atoms with Crippen molar-refractivity contribution in [2.75, 3.05) is 5.32 Å². The first kappa shape index (κ1) is 21.7. The van der Waals surface area contributed by atoms with Gasteiger partial charge in [-0.25, -0.2) is 9.97 Å². The van der Waals surface area contributed by atoms with Gasteiger partial charge in [-0.2, -0.15) is 0 Å². The van der Waals surface area contributed by atoms with Crippen LogP contribution in [-0.4, -0.2) is 19.8 Å². The third-order valence-electron chi connectivity index (χ3n) is 5.43. The maximum atomic E-state index is 11.5. The molecule has 9 nitrogen and oxygen atoms in total. The minimum atomic E-state index is -0.669. The molecule has 4 aromatic carbocycles. The van der Waals surface area contributed by atoms with Gasteiger partial charge in [0.25, 0.3) is 11.4 Å². The van der Waals surface area contributed by atoms with E-state index < -0.39 is 15.5 Å². The molecule has 9 heteroatoms. The molecule has 1 N–H and O–H groups in total. The zero-order chi connectivity index (χ0) is 24.4. The van der Waals surface area contributed by atoms with Crippen molar-refractivity contribution in [1.29, 1.82) is 0 Å². The highest BCUT2D eigenvalue weighted by molar-refractivity contribution is 5.88. The topological polar surface area (TPSA) is 124 Å². The van der Waals surface area contributed by atoms with Crippen LogP contribution in [0.2, 0.25) is 0 Å². The fraction of sp³-hybridized carbons (Fsp3) is 0. The molecule has 1 aromatic heterocycles. The minimum Gasteiger partial charge on any atom is -0.350 e. The number of nitrogens with zero attached hydrogens (tertiary/aromatic N) is 4. The van der Waals surface area contributed by atoms with Gasteiger partial charge in [-0.3, -0.25) is 20.2 Å². The summed E-state index contributed by atoms with van der Waals surface area (Å²) < 4.78 is 0. The van der Waals surface area contributed by atoms with E-state index in [1.807, 2.05) is 60.7 Å². The third-order valence-corrected chi connectivity index (χ3v) is 5.43. The molecule has 1 heterocycles. The summed E-state index contributed by atoms with van der Waals surface area (Å²) >= 11 is 0. The van der Waals surface area contributed by atoms with Crippen LogP contribution in [0.1, 0.15) is 0 Å². The van der Waals surface area contributed by atoms with E-state index in [-0.39, 0.29) is 11.4 Å². The Kier molecular flexibility index (Phi) is 5.56. The van der Waals surface area contributed by atoms with Crippen LogP contribution in [0.3, 0.4) is 0 Å². The number of anilines is 2. The Hall–Kier alpha value is -5.18. The maximum absolute atomic E-state index is 11.5. The predicted molar refractivity (Wildman–Crippen MR) is 133 cm³/mol. The Morgan fingerprint density at radius 2 is 1.23 bits per heavy atom. The number of hydrogen-bond acceptors (Lipinski definition) is 7. The standard InChI is InChI=1S/C26H17N5O4/c32-30(33)20-12-14-22(24(16-20)31(34)35)27-19-11-13-21-23(15-19)29-26(18-9-5-2-6-10-18)25(28-21)17-7-3-1-4-8-17/h1-16,27H. The number of nitro groups is 2. The van der Waals surface area contributed by atoms with Crippen LogP contribution in [0, 0.1) is 20.2 Å². The molecular weight excluding hydrogens is 446 g/mol. The summed E-state index contributed by atoms with van der Waals surface area (Å²) in [5.41, 5.74) is 4.48. The molecule has 0 amide bonds. The lowest BCUT2D eigenvalue weighted by Crippen LogP contribution is -2.00. The molecular formula is C26H17N5O4. The van der Waals surface area contributed by atoms with Gasteiger partial charge in [-0.05, 0) is 24.3 Å². The average molecular weight is 463 g/mol. The minimum absolute atomic E-state index is 0.136. The number of aromatic nitrogens is 2. The van der Waals surface area contributed by atoms with Gasteiger partial charge in [0.1, 0.15) is 5.69 Å². The summed E-state index contributed by atoms with van der Waals surface area (Å²) in [4.78, 5) is 31.0. The van der Waals surface area contributed by atoms with Gasteiger partial charge in [-0.15, -0.1) is 0 Å². The molecule has 0 saturated heterocycles. The number of non-ortho nitro benzene ring substituents is 1. The molecule has 5 aromatic rings. The second-order valence-electron chi connectivity index (χ2n) is 7.70. The molecule has 0 bridgehead atoms. The van der Waals surface area contributed by atoms with E-state index in [1.165, 1.54) is 12.1 Å². The van der Waals surface area contributed by atoms with Crippen molar-refractivity contribution in [2.24, 2.45) is 0 Å². The molecule has 0 aliphatic carbocycles. The summed E-state index contributed by atoms with van der Waals surface area (Å²) in [6, 6.07) is 28.2. The van der Waals surface area contributed by atoms with Crippen molar-refractivity contribution in [3.63, 3.8) is 0 Å². The highest BCUT2D eigenvalue weighted by atomic mass is 16.6. The van der Waals surface area contributed by atoms with Crippen molar-refractivity contribution in [3.05, 3.63) is 117 Å². The first-order valence-electron chi connectivity index (χ1n) is 10.6. The van der Waals surface area contributed by atoms with E-state index >= 15 is 0 Å². The Morgan fingerprint density at radius 1 is 0.629 bits per heavy atom. The Balaban J connectivity index is 1.61. The number of hydrogen-bond donors (Lipinski definition) is 1. The first-order valence-corrected chi connectivity index (χ1v) is 10.6. The van der Waals surface area contributed by atoms with Gasteiger partial charge in [0, 0.05) is 22.9 Å². The molecule has 170 valence electrons. The number of rotatable bonds is 6. The van der Waals surface area contributed by atoms with E-state index in [4.69, 9.17) is 9.97 Å². The fourth-order valence-electron chi connectivity index (χ4n) is 3.77. The second kappa shape index (κ2) is 8.99. The third kappa shape index (κ3) is 4.38. The Bertz CT molecular complexity index is 1570. The molecule has 0 saturated carbocycles. The first-order chi connectivity index (χ1) is 17.0. The van der Waals surface area contributed by atoms with E-state index in [2.05, 4.69) is 5.32 Å². The van der Waals surface area contributed by atoms with E-state index in [1.54, 1.807) is 18.2 Å². The maximum Gasteiger partial charge on any atom is 0.299 e. The molecule has 0 unspecified atom stereocenters. The Morgan fingerprint density at radius 3 is 1.80 bits per heavy atom. The molecule has 0 radical (unpaired) electrons. The highest BCUT2D eigenvalue weighted by Gasteiger charge is 2.20. The van der Waals surface area contributed by atoms with Crippen LogP contribution < -0.4 is 5.32 Å². The number of benzene rings is 4. The molecule has 0 aliphatic rings. The largest absolute Gasteiger partial charge is 0.350 e. The van der Waals surface area contributed by atoms with Gasteiger partial charge in [0.15, 0.2) is 0 Å². The van der Waals surface area contributed by atoms with E-state index in [0.717, 1.165) is 22.9 Å². The zero-order valence-corrected chi connectivity index (χ0v) is 18.2. The van der Waals surface area contributed by atoms with Crippen LogP contribution >= 0.6 is 0 Å². The summed E-state index contributed by atoms with van der Waals surface area (Å²) in [5.74, 6) is 0. The van der Waals surface area contributed by atoms with Crippen LogP contribution in [0.25, 0.3) is 33.5 Å². The number of fused-ring (bicyclic) bond motifs is 1. The fourth-order valence-corrected chi connectivity index (χ4v) is 3.77. The van der Waals surface area contributed by atoms with Gasteiger partial charge >= 0.3 is 0 Å². The summed E-state index contributed by atoms with van der Waals surface area (Å²) in [7, 11) is 0. The van der Waals surface area contributed by atoms with Crippen LogP contribution in [0.4, 0.5) is 22.7 Å². The summed E-state index contributed by atoms with van der Waals surface area (Å²) in [6.07, 6.45) is 0. The van der Waals surface area contributed by atoms with Crippen LogP contribution in [-0.2, 0) is 0 Å². The van der Waals surface area contributed by atoms with Crippen molar-refractivity contribution in [3.8, 4) is 22.5 Å². The molecule has 0 fully saturated rings. The SMILES string of the molecule is O=[N+]([O-])c1ccc(Nc2ccc3nc(-c4ccccc4)c(-c4ccccc4)nc3c2)c([N+](=O)[O-])c1. The second-order valence-corrected chi connectivity index (χ2v) is 7.70. The lowest BCUT2D eigenvalue weighted by Gasteiger charge is -2.12. The van der Waals surface area contributed by atoms with Gasteiger partial charge < -0.3 is 5.32 Å². The smallest absolute Gasteiger partial charge is 0.299 e. The number of nitrogens with one attached hydrogen (secondary N) is 1. The lowest BCUT2D eigenvalue weighted by molar-refractivity contribution is -0.393. The molecule has 35 heavy (non-hydrogen) atoms. The van der Waals surface area contributed by atoms with Gasteiger partial charge in [0.2, 0.25) is 0 Å². The monoisotopic (exact) mass is 463 g/mol. The average Bonchev–Trinajstić information content (AvgIpc) is 2.89.